The van der Waals surface area contributed by atoms with Crippen molar-refractivity contribution in [3.63, 3.8) is 0 Å². The number of hydrogen-bond acceptors (Lipinski definition) is 2. The summed E-state index contributed by atoms with van der Waals surface area (Å²) in [6.07, 6.45) is 21.6. The molecule has 0 saturated heterocycles. The number of carboxylic acids is 1. The maximum atomic E-state index is 10.7. The third kappa shape index (κ3) is 16.2. The second-order valence-electron chi connectivity index (χ2n) is 7.43. The molecule has 3 heteroatoms. The Kier molecular flexibility index (Phi) is 17.1. The van der Waals surface area contributed by atoms with Crippen LogP contribution in [0.25, 0.3) is 0 Å². The zero-order chi connectivity index (χ0) is 18.8. The Morgan fingerprint density at radius 3 is 1.24 bits per heavy atom. The molecule has 0 rings (SSSR count). The van der Waals surface area contributed by atoms with E-state index in [0.717, 1.165) is 12.8 Å². The largest absolute Gasteiger partial charge is 0.512 e. The van der Waals surface area contributed by atoms with Gasteiger partial charge in [-0.05, 0) is 13.3 Å². The van der Waals surface area contributed by atoms with Gasteiger partial charge in [-0.2, -0.15) is 0 Å². The third-order valence-electron chi connectivity index (χ3n) is 5.02. The Morgan fingerprint density at radius 1 is 0.600 bits per heavy atom. The molecule has 0 atom stereocenters. The van der Waals surface area contributed by atoms with E-state index in [0.29, 0.717) is 6.42 Å². The number of aliphatic hydroxyl groups is 1. The maximum absolute atomic E-state index is 10.7. The predicted octanol–water partition coefficient (Wildman–Crippen LogP) is 7.55. The molecular formula is C22H42O3. The Labute approximate surface area is 155 Å². The first-order valence-electron chi connectivity index (χ1n) is 10.7. The molecule has 0 radical (unpaired) electrons. The van der Waals surface area contributed by atoms with Crippen LogP contribution in [0.15, 0.2) is 11.3 Å². The molecule has 3 nitrogen and oxygen atoms in total. The van der Waals surface area contributed by atoms with Crippen LogP contribution in [0.5, 0.6) is 0 Å². The predicted molar refractivity (Wildman–Crippen MR) is 107 cm³/mol. The molecule has 0 unspecified atom stereocenters. The Morgan fingerprint density at radius 2 is 0.920 bits per heavy atom. The molecule has 0 aliphatic rings. The van der Waals surface area contributed by atoms with E-state index in [2.05, 4.69) is 6.92 Å². The molecule has 0 heterocycles. The van der Waals surface area contributed by atoms with Crippen LogP contribution >= 0.6 is 0 Å². The molecule has 2 N–H and O–H groups in total. The molecule has 0 aromatic carbocycles. The zero-order valence-electron chi connectivity index (χ0n) is 16.8. The molecule has 0 aliphatic carbocycles. The van der Waals surface area contributed by atoms with Crippen LogP contribution in [0, 0.1) is 0 Å². The molecular weight excluding hydrogens is 312 g/mol. The summed E-state index contributed by atoms with van der Waals surface area (Å²) in [6.45, 7) is 3.73. The van der Waals surface area contributed by atoms with Crippen molar-refractivity contribution < 1.29 is 15.0 Å². The van der Waals surface area contributed by atoms with Crippen molar-refractivity contribution in [2.75, 3.05) is 0 Å². The first kappa shape index (κ1) is 24.0. The Bertz CT molecular complexity index is 347. The number of hydrogen-bond donors (Lipinski definition) is 2. The van der Waals surface area contributed by atoms with Crippen LogP contribution < -0.4 is 0 Å². The van der Waals surface area contributed by atoms with E-state index in [9.17, 15) is 9.90 Å². The quantitative estimate of drug-likeness (QED) is 0.152. The fraction of sp³-hybridized carbons (Fsp3) is 0.864. The highest BCUT2D eigenvalue weighted by molar-refractivity contribution is 5.86. The minimum atomic E-state index is -1.02. The van der Waals surface area contributed by atoms with E-state index >= 15 is 0 Å². The van der Waals surface area contributed by atoms with Crippen molar-refractivity contribution in [3.8, 4) is 0 Å². The average molecular weight is 355 g/mol. The number of carbonyl (C=O) groups is 1. The highest BCUT2D eigenvalue weighted by atomic mass is 16.4. The highest BCUT2D eigenvalue weighted by Crippen LogP contribution is 2.15. The second kappa shape index (κ2) is 17.8. The lowest BCUT2D eigenvalue weighted by Crippen LogP contribution is -2.01. The maximum Gasteiger partial charge on any atom is 0.334 e. The summed E-state index contributed by atoms with van der Waals surface area (Å²) < 4.78 is 0. The monoisotopic (exact) mass is 354 g/mol. The van der Waals surface area contributed by atoms with Gasteiger partial charge in [-0.1, -0.05) is 103 Å². The fourth-order valence-corrected chi connectivity index (χ4v) is 3.15. The van der Waals surface area contributed by atoms with Crippen LogP contribution in [0.1, 0.15) is 123 Å². The minimum Gasteiger partial charge on any atom is -0.512 e. The Hall–Kier alpha value is -0.990. The molecule has 0 fully saturated rings. The summed E-state index contributed by atoms with van der Waals surface area (Å²) in [5, 5.41) is 18.4. The van der Waals surface area contributed by atoms with Crippen molar-refractivity contribution in [3.05, 3.63) is 11.3 Å². The van der Waals surface area contributed by atoms with Crippen LogP contribution in [0.2, 0.25) is 0 Å². The number of carboxylic acid groups (broad SMARTS) is 1. The van der Waals surface area contributed by atoms with Crippen molar-refractivity contribution in [2.24, 2.45) is 0 Å². The van der Waals surface area contributed by atoms with Gasteiger partial charge in [0.05, 0.1) is 5.57 Å². The van der Waals surface area contributed by atoms with E-state index in [1.165, 1.54) is 96.8 Å². The Balaban J connectivity index is 3.22. The molecule has 0 saturated carbocycles. The summed E-state index contributed by atoms with van der Waals surface area (Å²) in [7, 11) is 0. The number of rotatable bonds is 18. The number of unbranched alkanes of at least 4 members (excludes halogenated alkanes) is 15. The summed E-state index contributed by atoms with van der Waals surface area (Å²) in [6, 6.07) is 0. The van der Waals surface area contributed by atoms with E-state index in [1.807, 2.05) is 0 Å². The van der Waals surface area contributed by atoms with Gasteiger partial charge >= 0.3 is 5.97 Å². The molecule has 0 amide bonds. The first-order chi connectivity index (χ1) is 12.1. The van der Waals surface area contributed by atoms with Gasteiger partial charge in [0.25, 0.3) is 0 Å². The zero-order valence-corrected chi connectivity index (χ0v) is 16.8. The number of aliphatic hydroxyl groups excluding tert-OH is 1. The van der Waals surface area contributed by atoms with Gasteiger partial charge in [-0.25, -0.2) is 4.79 Å². The minimum absolute atomic E-state index is 0.0397. The first-order valence-corrected chi connectivity index (χ1v) is 10.7. The molecule has 148 valence electrons. The average Bonchev–Trinajstić information content (AvgIpc) is 2.60. The normalized spacial score (nSPS) is 12.2. The molecule has 0 spiro atoms. The van der Waals surface area contributed by atoms with Crippen LogP contribution in [-0.4, -0.2) is 16.2 Å². The van der Waals surface area contributed by atoms with Crippen LogP contribution in [-0.2, 0) is 4.79 Å². The number of aliphatic carboxylic acids is 1. The van der Waals surface area contributed by atoms with Gasteiger partial charge in [-0.3, -0.25) is 0 Å². The SMILES string of the molecule is CCCCCCCCCCCCCCCCCC/C(O)=C(\C)C(=O)O. The lowest BCUT2D eigenvalue weighted by atomic mass is 10.0. The lowest BCUT2D eigenvalue weighted by molar-refractivity contribution is -0.132. The fourth-order valence-electron chi connectivity index (χ4n) is 3.15. The molecule has 0 aromatic heterocycles. The van der Waals surface area contributed by atoms with Gasteiger partial charge in [0.2, 0.25) is 0 Å². The van der Waals surface area contributed by atoms with Crippen LogP contribution in [0.3, 0.4) is 0 Å². The topological polar surface area (TPSA) is 57.5 Å². The third-order valence-corrected chi connectivity index (χ3v) is 5.02. The number of allylic oxidation sites excluding steroid dienone is 1. The standard InChI is InChI=1S/C22H42O3/c1-3-4-5-6-7-8-9-10-11-12-13-14-15-16-17-18-19-21(23)20(2)22(24)25/h23H,3-19H2,1-2H3,(H,24,25)/b21-20-. The van der Waals surface area contributed by atoms with Crippen molar-refractivity contribution in [1.29, 1.82) is 0 Å². The van der Waals surface area contributed by atoms with E-state index in [-0.39, 0.29) is 11.3 Å². The van der Waals surface area contributed by atoms with Gasteiger partial charge in [-0.15, -0.1) is 0 Å². The van der Waals surface area contributed by atoms with Gasteiger partial charge in [0.1, 0.15) is 5.76 Å². The molecule has 0 aromatic rings. The summed E-state index contributed by atoms with van der Waals surface area (Å²) in [4.78, 5) is 10.7. The summed E-state index contributed by atoms with van der Waals surface area (Å²) in [5.74, 6) is -0.980. The molecule has 0 bridgehead atoms. The van der Waals surface area contributed by atoms with Crippen molar-refractivity contribution >= 4 is 5.97 Å². The van der Waals surface area contributed by atoms with Crippen LogP contribution in [0.4, 0.5) is 0 Å². The van der Waals surface area contributed by atoms with Gasteiger partial charge < -0.3 is 10.2 Å². The lowest BCUT2D eigenvalue weighted by Gasteiger charge is -2.04. The van der Waals surface area contributed by atoms with Gasteiger partial charge in [0, 0.05) is 6.42 Å². The summed E-state index contributed by atoms with van der Waals surface area (Å²) >= 11 is 0. The van der Waals surface area contributed by atoms with E-state index < -0.39 is 5.97 Å². The highest BCUT2D eigenvalue weighted by Gasteiger charge is 2.07. The van der Waals surface area contributed by atoms with Crippen molar-refractivity contribution in [1.82, 2.24) is 0 Å². The second-order valence-corrected chi connectivity index (χ2v) is 7.43. The molecule has 25 heavy (non-hydrogen) atoms. The smallest absolute Gasteiger partial charge is 0.334 e. The van der Waals surface area contributed by atoms with Crippen molar-refractivity contribution in [2.45, 2.75) is 123 Å². The summed E-state index contributed by atoms with van der Waals surface area (Å²) in [5.41, 5.74) is 0.0842. The van der Waals surface area contributed by atoms with E-state index in [4.69, 9.17) is 5.11 Å². The van der Waals surface area contributed by atoms with Gasteiger partial charge in [0.15, 0.2) is 0 Å². The molecule has 0 aliphatic heterocycles. The van der Waals surface area contributed by atoms with E-state index in [1.54, 1.807) is 0 Å².